The summed E-state index contributed by atoms with van der Waals surface area (Å²) in [6.07, 6.45) is 0. The van der Waals surface area contributed by atoms with Crippen molar-refractivity contribution in [3.63, 3.8) is 0 Å². The topological polar surface area (TPSA) is 38.3 Å². The molecule has 0 bridgehead atoms. The van der Waals surface area contributed by atoms with Crippen molar-refractivity contribution in [1.29, 1.82) is 0 Å². The van der Waals surface area contributed by atoms with Crippen LogP contribution < -0.4 is 10.1 Å². The van der Waals surface area contributed by atoms with Gasteiger partial charge in [0.25, 0.3) is 5.91 Å². The summed E-state index contributed by atoms with van der Waals surface area (Å²) in [5.41, 5.74) is 1.20. The summed E-state index contributed by atoms with van der Waals surface area (Å²) in [5, 5.41) is 5.49. The molecule has 1 N–H and O–H groups in total. The maximum absolute atomic E-state index is 11.6. The minimum Gasteiger partial charge on any atom is -0.484 e. The molecule has 1 aromatic heterocycles. The van der Waals surface area contributed by atoms with Crippen LogP contribution in [-0.4, -0.2) is 12.5 Å². The van der Waals surface area contributed by atoms with Gasteiger partial charge in [-0.15, -0.1) is 11.3 Å². The Morgan fingerprint density at radius 2 is 2.05 bits per heavy atom. The molecule has 0 aliphatic heterocycles. The lowest BCUT2D eigenvalue weighted by molar-refractivity contribution is -0.123. The highest BCUT2D eigenvalue weighted by atomic mass is 35.5. The van der Waals surface area contributed by atoms with Crippen molar-refractivity contribution in [2.24, 2.45) is 0 Å². The quantitative estimate of drug-likeness (QED) is 0.918. The summed E-state index contributed by atoms with van der Waals surface area (Å²) < 4.78 is 5.36. The van der Waals surface area contributed by atoms with Crippen molar-refractivity contribution in [3.8, 4) is 5.75 Å². The van der Waals surface area contributed by atoms with Crippen LogP contribution in [0.3, 0.4) is 0 Å². The number of ether oxygens (including phenoxy) is 1. The van der Waals surface area contributed by atoms with Crippen molar-refractivity contribution in [3.05, 3.63) is 51.2 Å². The molecule has 0 fully saturated rings. The molecule has 0 atom stereocenters. The molecule has 100 valence electrons. The van der Waals surface area contributed by atoms with Gasteiger partial charge in [0.1, 0.15) is 5.75 Å². The van der Waals surface area contributed by atoms with Gasteiger partial charge in [0, 0.05) is 9.90 Å². The summed E-state index contributed by atoms with van der Waals surface area (Å²) in [4.78, 5) is 12.8. The van der Waals surface area contributed by atoms with Gasteiger partial charge in [0.05, 0.1) is 6.54 Å². The van der Waals surface area contributed by atoms with Crippen molar-refractivity contribution >= 4 is 28.8 Å². The number of rotatable bonds is 5. The Bertz CT molecular complexity index is 551. The Kier molecular flexibility index (Phi) is 4.82. The number of benzene rings is 1. The van der Waals surface area contributed by atoms with Gasteiger partial charge in [-0.2, -0.15) is 0 Å². The number of amides is 1. The fourth-order valence-electron chi connectivity index (χ4n) is 1.49. The SMILES string of the molecule is Cc1ccsc1CNC(=O)COc1ccc(Cl)cc1. The van der Waals surface area contributed by atoms with Crippen LogP contribution in [0.4, 0.5) is 0 Å². The predicted molar refractivity (Wildman–Crippen MR) is 77.8 cm³/mol. The second-order valence-electron chi connectivity index (χ2n) is 4.05. The number of hydrogen-bond acceptors (Lipinski definition) is 3. The third-order valence-electron chi connectivity index (χ3n) is 2.60. The molecule has 0 radical (unpaired) electrons. The third kappa shape index (κ3) is 4.26. The van der Waals surface area contributed by atoms with Crippen LogP contribution >= 0.6 is 22.9 Å². The third-order valence-corrected chi connectivity index (χ3v) is 3.87. The first-order chi connectivity index (χ1) is 9.15. The fourth-order valence-corrected chi connectivity index (χ4v) is 2.47. The van der Waals surface area contributed by atoms with Gasteiger partial charge >= 0.3 is 0 Å². The van der Waals surface area contributed by atoms with Crippen LogP contribution in [0.1, 0.15) is 10.4 Å². The number of thiophene rings is 1. The summed E-state index contributed by atoms with van der Waals surface area (Å²) >= 11 is 7.40. The molecular weight excluding hydrogens is 282 g/mol. The average Bonchev–Trinajstić information content (AvgIpc) is 2.81. The number of halogens is 1. The first-order valence-corrected chi connectivity index (χ1v) is 7.09. The summed E-state index contributed by atoms with van der Waals surface area (Å²) in [7, 11) is 0. The lowest BCUT2D eigenvalue weighted by Gasteiger charge is -2.07. The molecule has 2 aromatic rings. The molecule has 0 saturated carbocycles. The highest BCUT2D eigenvalue weighted by Crippen LogP contribution is 2.16. The number of aryl methyl sites for hydroxylation is 1. The van der Waals surface area contributed by atoms with E-state index in [0.717, 1.165) is 0 Å². The fraction of sp³-hybridized carbons (Fsp3) is 0.214. The average molecular weight is 296 g/mol. The smallest absolute Gasteiger partial charge is 0.258 e. The molecule has 0 spiro atoms. The standard InChI is InChI=1S/C14H14ClNO2S/c1-10-6-7-19-13(10)8-16-14(17)9-18-12-4-2-11(15)3-5-12/h2-7H,8-9H2,1H3,(H,16,17). The largest absolute Gasteiger partial charge is 0.484 e. The van der Waals surface area contributed by atoms with Crippen LogP contribution in [-0.2, 0) is 11.3 Å². The van der Waals surface area contributed by atoms with Gasteiger partial charge in [-0.05, 0) is 48.2 Å². The number of hydrogen-bond donors (Lipinski definition) is 1. The van der Waals surface area contributed by atoms with Gasteiger partial charge < -0.3 is 10.1 Å². The van der Waals surface area contributed by atoms with Crippen molar-refractivity contribution in [2.45, 2.75) is 13.5 Å². The molecule has 0 saturated heterocycles. The Balaban J connectivity index is 1.76. The molecule has 0 aliphatic rings. The Morgan fingerprint density at radius 3 is 2.68 bits per heavy atom. The lowest BCUT2D eigenvalue weighted by atomic mass is 10.3. The number of carbonyl (C=O) groups is 1. The second-order valence-corrected chi connectivity index (χ2v) is 5.48. The minimum atomic E-state index is -0.136. The van der Waals surface area contributed by atoms with E-state index in [4.69, 9.17) is 16.3 Å². The Morgan fingerprint density at radius 1 is 1.32 bits per heavy atom. The highest BCUT2D eigenvalue weighted by molar-refractivity contribution is 7.10. The highest BCUT2D eigenvalue weighted by Gasteiger charge is 2.05. The van der Waals surface area contributed by atoms with Crippen molar-refractivity contribution < 1.29 is 9.53 Å². The van der Waals surface area contributed by atoms with Crippen molar-refractivity contribution in [2.75, 3.05) is 6.61 Å². The van der Waals surface area contributed by atoms with E-state index >= 15 is 0 Å². The molecule has 2 rings (SSSR count). The van der Waals surface area contributed by atoms with E-state index in [0.29, 0.717) is 17.3 Å². The Labute approximate surface area is 121 Å². The maximum Gasteiger partial charge on any atom is 0.258 e. The van der Waals surface area contributed by atoms with Crippen LogP contribution in [0, 0.1) is 6.92 Å². The van der Waals surface area contributed by atoms with Gasteiger partial charge in [0.15, 0.2) is 6.61 Å². The Hall–Kier alpha value is -1.52. The zero-order chi connectivity index (χ0) is 13.7. The zero-order valence-corrected chi connectivity index (χ0v) is 12.1. The number of carbonyl (C=O) groups excluding carboxylic acids is 1. The van der Waals surface area contributed by atoms with E-state index in [1.807, 2.05) is 18.4 Å². The monoisotopic (exact) mass is 295 g/mol. The van der Waals surface area contributed by atoms with E-state index in [2.05, 4.69) is 5.32 Å². The van der Waals surface area contributed by atoms with Crippen LogP contribution in [0.15, 0.2) is 35.7 Å². The van der Waals surface area contributed by atoms with E-state index in [1.165, 1.54) is 10.4 Å². The molecule has 1 aromatic carbocycles. The van der Waals surface area contributed by atoms with Gasteiger partial charge in [0.2, 0.25) is 0 Å². The molecule has 0 aliphatic carbocycles. The molecular formula is C14H14ClNO2S. The zero-order valence-electron chi connectivity index (χ0n) is 10.5. The van der Waals surface area contributed by atoms with Crippen molar-refractivity contribution in [1.82, 2.24) is 5.32 Å². The van der Waals surface area contributed by atoms with E-state index in [-0.39, 0.29) is 12.5 Å². The van der Waals surface area contributed by atoms with E-state index < -0.39 is 0 Å². The van der Waals surface area contributed by atoms with E-state index in [9.17, 15) is 4.79 Å². The molecule has 5 heteroatoms. The first kappa shape index (κ1) is 13.9. The van der Waals surface area contributed by atoms with Gasteiger partial charge in [-0.25, -0.2) is 0 Å². The van der Waals surface area contributed by atoms with Gasteiger partial charge in [-0.3, -0.25) is 4.79 Å². The van der Waals surface area contributed by atoms with Crippen LogP contribution in [0.25, 0.3) is 0 Å². The summed E-state index contributed by atoms with van der Waals surface area (Å²) in [5.74, 6) is 0.495. The summed E-state index contributed by atoms with van der Waals surface area (Å²) in [6, 6.07) is 8.96. The van der Waals surface area contributed by atoms with Gasteiger partial charge in [-0.1, -0.05) is 11.6 Å². The molecule has 1 heterocycles. The molecule has 3 nitrogen and oxygen atoms in total. The van der Waals surface area contributed by atoms with Crippen LogP contribution in [0.2, 0.25) is 5.02 Å². The minimum absolute atomic E-state index is 0.00601. The maximum atomic E-state index is 11.6. The lowest BCUT2D eigenvalue weighted by Crippen LogP contribution is -2.28. The molecule has 19 heavy (non-hydrogen) atoms. The second kappa shape index (κ2) is 6.59. The predicted octanol–water partition coefficient (Wildman–Crippen LogP) is 3.41. The first-order valence-electron chi connectivity index (χ1n) is 5.83. The van der Waals surface area contributed by atoms with E-state index in [1.54, 1.807) is 35.6 Å². The molecule has 0 unspecified atom stereocenters. The normalized spacial score (nSPS) is 10.2. The summed E-state index contributed by atoms with van der Waals surface area (Å²) in [6.45, 7) is 2.58. The number of nitrogens with one attached hydrogen (secondary N) is 1. The molecule has 1 amide bonds. The van der Waals surface area contributed by atoms with Crippen LogP contribution in [0.5, 0.6) is 5.75 Å².